The molecule has 0 atom stereocenters. The summed E-state index contributed by atoms with van der Waals surface area (Å²) in [6, 6.07) is 5.44. The van der Waals surface area contributed by atoms with Gasteiger partial charge in [-0.3, -0.25) is 0 Å². The monoisotopic (exact) mass is 463 g/mol. The number of benzene rings is 1. The number of carbonyl (C=O) groups excluding carboxylic acids is 1. The molecule has 0 aliphatic rings. The van der Waals surface area contributed by atoms with Crippen LogP contribution < -0.4 is 10.1 Å². The second-order valence-electron chi connectivity index (χ2n) is 5.47. The van der Waals surface area contributed by atoms with E-state index in [1.165, 1.54) is 14.2 Å². The van der Waals surface area contributed by atoms with Crippen molar-refractivity contribution in [3.63, 3.8) is 0 Å². The molecule has 0 radical (unpaired) electrons. The molecule has 0 bridgehead atoms. The van der Waals surface area contributed by atoms with E-state index in [0.717, 1.165) is 37.5 Å². The number of guanidine groups is 1. The van der Waals surface area contributed by atoms with E-state index in [2.05, 4.69) is 22.1 Å². The molecule has 0 saturated carbocycles. The molecule has 1 aromatic carbocycles. The predicted molar refractivity (Wildman–Crippen MR) is 112 cm³/mol. The number of halogens is 1. The van der Waals surface area contributed by atoms with Gasteiger partial charge in [0.15, 0.2) is 5.96 Å². The highest BCUT2D eigenvalue weighted by atomic mass is 127. The Morgan fingerprint density at radius 3 is 2.56 bits per heavy atom. The zero-order chi connectivity index (χ0) is 17.9. The van der Waals surface area contributed by atoms with Crippen molar-refractivity contribution in [2.24, 2.45) is 4.99 Å². The summed E-state index contributed by atoms with van der Waals surface area (Å²) in [5, 5.41) is 3.29. The fourth-order valence-corrected chi connectivity index (χ4v) is 2.26. The lowest BCUT2D eigenvalue weighted by Crippen LogP contribution is -2.39. The van der Waals surface area contributed by atoms with Crippen molar-refractivity contribution >= 4 is 35.9 Å². The Morgan fingerprint density at radius 2 is 2.00 bits per heavy atom. The van der Waals surface area contributed by atoms with Crippen LogP contribution in [0.2, 0.25) is 0 Å². The molecular weight excluding hydrogens is 433 g/mol. The van der Waals surface area contributed by atoms with Gasteiger partial charge in [-0.1, -0.05) is 19.4 Å². The van der Waals surface area contributed by atoms with E-state index in [4.69, 9.17) is 9.47 Å². The molecule has 0 aromatic heterocycles. The standard InChI is InChI=1S/C18H29N3O3.HI/c1-6-8-11-21(3)18(19-7-2)20-13-14-9-10-16(23-4)15(12-14)17(22)24-5;/h9-10,12H,6-8,11,13H2,1-5H3,(H,19,20);1H. The topological polar surface area (TPSA) is 63.2 Å². The molecule has 0 saturated heterocycles. The number of hydrogen-bond donors (Lipinski definition) is 1. The number of rotatable bonds is 8. The fraction of sp³-hybridized carbons (Fsp3) is 0.556. The zero-order valence-corrected chi connectivity index (χ0v) is 18.1. The first-order valence-electron chi connectivity index (χ1n) is 8.32. The minimum atomic E-state index is -0.412. The molecule has 0 unspecified atom stereocenters. The summed E-state index contributed by atoms with van der Waals surface area (Å²) in [7, 11) is 4.93. The third-order valence-corrected chi connectivity index (χ3v) is 3.62. The van der Waals surface area contributed by atoms with Gasteiger partial charge in [0.2, 0.25) is 0 Å². The Morgan fingerprint density at radius 1 is 1.28 bits per heavy atom. The second kappa shape index (κ2) is 12.8. The molecule has 1 rings (SSSR count). The minimum absolute atomic E-state index is 0. The Hall–Kier alpha value is -1.51. The van der Waals surface area contributed by atoms with Crippen molar-refractivity contribution in [1.29, 1.82) is 0 Å². The molecule has 6 nitrogen and oxygen atoms in total. The van der Waals surface area contributed by atoms with Crippen LogP contribution in [-0.2, 0) is 11.3 Å². The van der Waals surface area contributed by atoms with Crippen LogP contribution >= 0.6 is 24.0 Å². The summed E-state index contributed by atoms with van der Waals surface area (Å²) in [5.41, 5.74) is 1.34. The van der Waals surface area contributed by atoms with Crippen molar-refractivity contribution in [3.8, 4) is 5.75 Å². The van der Waals surface area contributed by atoms with Gasteiger partial charge in [-0.05, 0) is 31.0 Å². The van der Waals surface area contributed by atoms with Gasteiger partial charge in [-0.2, -0.15) is 0 Å². The van der Waals surface area contributed by atoms with E-state index in [1.807, 2.05) is 20.0 Å². The van der Waals surface area contributed by atoms with E-state index in [1.54, 1.807) is 12.1 Å². The quantitative estimate of drug-likeness (QED) is 0.278. The molecule has 0 heterocycles. The van der Waals surface area contributed by atoms with Crippen LogP contribution in [0.3, 0.4) is 0 Å². The molecular formula is C18H30IN3O3. The second-order valence-corrected chi connectivity index (χ2v) is 5.47. The summed E-state index contributed by atoms with van der Waals surface area (Å²) < 4.78 is 10.0. The van der Waals surface area contributed by atoms with Gasteiger partial charge in [0, 0.05) is 20.1 Å². The maximum absolute atomic E-state index is 11.9. The van der Waals surface area contributed by atoms with Gasteiger partial charge in [0.25, 0.3) is 0 Å². The first kappa shape index (κ1) is 23.5. The Balaban J connectivity index is 0.00000576. The number of ether oxygens (including phenoxy) is 2. The van der Waals surface area contributed by atoms with E-state index < -0.39 is 5.97 Å². The van der Waals surface area contributed by atoms with Gasteiger partial charge in [-0.15, -0.1) is 24.0 Å². The van der Waals surface area contributed by atoms with Crippen LogP contribution in [0.5, 0.6) is 5.75 Å². The molecule has 0 aliphatic heterocycles. The lowest BCUT2D eigenvalue weighted by atomic mass is 10.1. The third kappa shape index (κ3) is 7.50. The molecule has 25 heavy (non-hydrogen) atoms. The number of hydrogen-bond acceptors (Lipinski definition) is 4. The molecule has 7 heteroatoms. The van der Waals surface area contributed by atoms with E-state index in [0.29, 0.717) is 17.9 Å². The maximum Gasteiger partial charge on any atom is 0.341 e. The normalized spacial score (nSPS) is 10.7. The van der Waals surface area contributed by atoms with E-state index >= 15 is 0 Å². The number of methoxy groups -OCH3 is 2. The first-order valence-corrected chi connectivity index (χ1v) is 8.32. The molecule has 0 spiro atoms. The van der Waals surface area contributed by atoms with E-state index in [-0.39, 0.29) is 24.0 Å². The summed E-state index contributed by atoms with van der Waals surface area (Å²) in [5.74, 6) is 0.951. The number of nitrogens with one attached hydrogen (secondary N) is 1. The summed E-state index contributed by atoms with van der Waals surface area (Å²) in [4.78, 5) is 18.6. The van der Waals surface area contributed by atoms with Crippen LogP contribution in [0.4, 0.5) is 0 Å². The first-order chi connectivity index (χ1) is 11.6. The third-order valence-electron chi connectivity index (χ3n) is 3.62. The van der Waals surface area contributed by atoms with Crippen molar-refractivity contribution in [1.82, 2.24) is 10.2 Å². The number of aliphatic imine (C=N–C) groups is 1. The van der Waals surface area contributed by atoms with Gasteiger partial charge < -0.3 is 19.7 Å². The number of esters is 1. The summed E-state index contributed by atoms with van der Waals surface area (Å²) >= 11 is 0. The van der Waals surface area contributed by atoms with Crippen molar-refractivity contribution < 1.29 is 14.3 Å². The smallest absolute Gasteiger partial charge is 0.341 e. The van der Waals surface area contributed by atoms with Crippen LogP contribution in [0.25, 0.3) is 0 Å². The van der Waals surface area contributed by atoms with Crippen molar-refractivity contribution in [2.75, 3.05) is 34.4 Å². The SMILES string of the molecule is CCCCN(C)C(=NCc1ccc(OC)c(C(=O)OC)c1)NCC.I. The van der Waals surface area contributed by atoms with Gasteiger partial charge in [0.05, 0.1) is 20.8 Å². The van der Waals surface area contributed by atoms with Crippen molar-refractivity contribution in [3.05, 3.63) is 29.3 Å². The molecule has 0 aliphatic carbocycles. The molecule has 1 N–H and O–H groups in total. The Labute approximate surface area is 168 Å². The molecule has 1 aromatic rings. The average molecular weight is 463 g/mol. The number of unbranched alkanes of at least 4 members (excludes halogenated alkanes) is 1. The lowest BCUT2D eigenvalue weighted by Gasteiger charge is -2.21. The fourth-order valence-electron chi connectivity index (χ4n) is 2.26. The lowest BCUT2D eigenvalue weighted by molar-refractivity contribution is 0.0597. The summed E-state index contributed by atoms with van der Waals surface area (Å²) in [6.07, 6.45) is 2.26. The van der Waals surface area contributed by atoms with Crippen LogP contribution in [0, 0.1) is 0 Å². The average Bonchev–Trinajstić information content (AvgIpc) is 2.62. The summed E-state index contributed by atoms with van der Waals surface area (Å²) in [6.45, 7) is 6.46. The van der Waals surface area contributed by atoms with Crippen LogP contribution in [0.15, 0.2) is 23.2 Å². The molecule has 0 amide bonds. The molecule has 0 fully saturated rings. The van der Waals surface area contributed by atoms with Crippen molar-refractivity contribution in [2.45, 2.75) is 33.2 Å². The molecule has 142 valence electrons. The Bertz CT molecular complexity index is 564. The highest BCUT2D eigenvalue weighted by Crippen LogP contribution is 2.21. The van der Waals surface area contributed by atoms with E-state index in [9.17, 15) is 4.79 Å². The minimum Gasteiger partial charge on any atom is -0.496 e. The maximum atomic E-state index is 11.9. The van der Waals surface area contributed by atoms with Gasteiger partial charge in [-0.25, -0.2) is 9.79 Å². The van der Waals surface area contributed by atoms with Gasteiger partial charge in [0.1, 0.15) is 11.3 Å². The van der Waals surface area contributed by atoms with Crippen LogP contribution in [0.1, 0.15) is 42.6 Å². The number of carbonyl (C=O) groups is 1. The highest BCUT2D eigenvalue weighted by molar-refractivity contribution is 14.0. The van der Waals surface area contributed by atoms with Gasteiger partial charge >= 0.3 is 5.97 Å². The Kier molecular flexibility index (Phi) is 12.0. The zero-order valence-electron chi connectivity index (χ0n) is 15.8. The van der Waals surface area contributed by atoms with Crippen LogP contribution in [-0.4, -0.2) is 51.2 Å². The largest absolute Gasteiger partial charge is 0.496 e. The highest BCUT2D eigenvalue weighted by Gasteiger charge is 2.13. The predicted octanol–water partition coefficient (Wildman–Crippen LogP) is 3.30. The number of nitrogens with zero attached hydrogens (tertiary/aromatic N) is 2.